The summed E-state index contributed by atoms with van der Waals surface area (Å²) in [5, 5.41) is 3.55. The zero-order valence-corrected chi connectivity index (χ0v) is 9.38. The Morgan fingerprint density at radius 2 is 2.36 bits per heavy atom. The van der Waals surface area contributed by atoms with Crippen LogP contribution in [-0.4, -0.2) is 49.3 Å². The van der Waals surface area contributed by atoms with E-state index in [2.05, 4.69) is 24.1 Å². The Morgan fingerprint density at radius 1 is 1.50 bits per heavy atom. The predicted molar refractivity (Wildman–Crippen MR) is 57.5 cm³/mol. The van der Waals surface area contributed by atoms with Crippen LogP contribution in [0.4, 0.5) is 0 Å². The van der Waals surface area contributed by atoms with Crippen molar-refractivity contribution in [3.8, 4) is 0 Å². The zero-order chi connectivity index (χ0) is 10.0. The number of rotatable bonds is 2. The Kier molecular flexibility index (Phi) is 3.10. The molecule has 2 aliphatic rings. The van der Waals surface area contributed by atoms with Crippen LogP contribution in [0.15, 0.2) is 0 Å². The second-order valence-corrected chi connectivity index (χ2v) is 5.14. The number of hydrogen-bond acceptors (Lipinski definition) is 3. The Balaban J connectivity index is 1.79. The molecule has 0 aliphatic carbocycles. The first-order valence-electron chi connectivity index (χ1n) is 5.75. The van der Waals surface area contributed by atoms with Crippen LogP contribution in [0, 0.1) is 0 Å². The van der Waals surface area contributed by atoms with Gasteiger partial charge in [-0.25, -0.2) is 0 Å². The molecule has 2 rings (SSSR count). The van der Waals surface area contributed by atoms with Crippen LogP contribution in [0.1, 0.15) is 26.7 Å². The Morgan fingerprint density at radius 3 is 3.00 bits per heavy atom. The van der Waals surface area contributed by atoms with Crippen molar-refractivity contribution in [3.63, 3.8) is 0 Å². The maximum absolute atomic E-state index is 5.70. The summed E-state index contributed by atoms with van der Waals surface area (Å²) < 4.78 is 5.70. The molecule has 0 aromatic rings. The first-order valence-corrected chi connectivity index (χ1v) is 5.75. The maximum atomic E-state index is 5.70. The minimum absolute atomic E-state index is 0.0524. The van der Waals surface area contributed by atoms with Gasteiger partial charge < -0.3 is 10.1 Å². The molecule has 2 saturated heterocycles. The normalized spacial score (nSPS) is 33.4. The standard InChI is InChI=1S/C11H22N2O/c1-11(2)9-13(6-7-14-11)8-10-4-3-5-12-10/h10,12H,3-9H2,1-2H3/t10-/m1/s1. The second-order valence-electron chi connectivity index (χ2n) is 5.14. The first-order chi connectivity index (χ1) is 6.66. The van der Waals surface area contributed by atoms with Crippen molar-refractivity contribution in [1.82, 2.24) is 10.2 Å². The van der Waals surface area contributed by atoms with E-state index >= 15 is 0 Å². The van der Waals surface area contributed by atoms with Gasteiger partial charge in [0.25, 0.3) is 0 Å². The SMILES string of the molecule is CC1(C)CN(C[C@H]2CCCN2)CCO1. The summed E-state index contributed by atoms with van der Waals surface area (Å²) in [5.74, 6) is 0. The van der Waals surface area contributed by atoms with Crippen LogP contribution < -0.4 is 5.32 Å². The number of morpholine rings is 1. The largest absolute Gasteiger partial charge is 0.373 e. The molecule has 14 heavy (non-hydrogen) atoms. The van der Waals surface area contributed by atoms with Crippen molar-refractivity contribution in [2.45, 2.75) is 38.3 Å². The molecule has 0 saturated carbocycles. The van der Waals surface area contributed by atoms with E-state index in [1.54, 1.807) is 0 Å². The molecule has 3 nitrogen and oxygen atoms in total. The van der Waals surface area contributed by atoms with Crippen molar-refractivity contribution >= 4 is 0 Å². The molecule has 2 aliphatic heterocycles. The molecule has 0 aromatic heterocycles. The van der Waals surface area contributed by atoms with Gasteiger partial charge in [0, 0.05) is 25.7 Å². The topological polar surface area (TPSA) is 24.5 Å². The van der Waals surface area contributed by atoms with Crippen LogP contribution in [0.2, 0.25) is 0 Å². The predicted octanol–water partition coefficient (Wildman–Crippen LogP) is 0.849. The van der Waals surface area contributed by atoms with Gasteiger partial charge >= 0.3 is 0 Å². The monoisotopic (exact) mass is 198 g/mol. The van der Waals surface area contributed by atoms with Gasteiger partial charge in [-0.15, -0.1) is 0 Å². The summed E-state index contributed by atoms with van der Waals surface area (Å²) in [4.78, 5) is 2.53. The van der Waals surface area contributed by atoms with Gasteiger partial charge in [-0.2, -0.15) is 0 Å². The maximum Gasteiger partial charge on any atom is 0.0753 e. The van der Waals surface area contributed by atoms with E-state index in [1.165, 1.54) is 25.9 Å². The molecule has 0 amide bonds. The number of hydrogen-bond donors (Lipinski definition) is 1. The van der Waals surface area contributed by atoms with Gasteiger partial charge in [0.05, 0.1) is 12.2 Å². The summed E-state index contributed by atoms with van der Waals surface area (Å²) in [5.41, 5.74) is 0.0524. The lowest BCUT2D eigenvalue weighted by Crippen LogP contribution is -2.51. The molecule has 0 aromatic carbocycles. The van der Waals surface area contributed by atoms with E-state index in [1.807, 2.05) is 0 Å². The third-order valence-electron chi connectivity index (χ3n) is 3.15. The van der Waals surface area contributed by atoms with Gasteiger partial charge in [0.15, 0.2) is 0 Å². The van der Waals surface area contributed by atoms with Crippen LogP contribution in [0.5, 0.6) is 0 Å². The smallest absolute Gasteiger partial charge is 0.0753 e. The summed E-state index contributed by atoms with van der Waals surface area (Å²) in [6, 6.07) is 0.726. The molecular weight excluding hydrogens is 176 g/mol. The summed E-state index contributed by atoms with van der Waals surface area (Å²) in [6.07, 6.45) is 2.69. The highest BCUT2D eigenvalue weighted by Gasteiger charge is 2.28. The van der Waals surface area contributed by atoms with Gasteiger partial charge in [-0.05, 0) is 33.2 Å². The number of nitrogens with zero attached hydrogens (tertiary/aromatic N) is 1. The van der Waals surface area contributed by atoms with Crippen molar-refractivity contribution in [2.75, 3.05) is 32.8 Å². The van der Waals surface area contributed by atoms with E-state index in [4.69, 9.17) is 4.74 Å². The molecule has 2 heterocycles. The van der Waals surface area contributed by atoms with Crippen molar-refractivity contribution < 1.29 is 4.74 Å². The van der Waals surface area contributed by atoms with Crippen molar-refractivity contribution in [1.29, 1.82) is 0 Å². The van der Waals surface area contributed by atoms with Crippen molar-refractivity contribution in [3.05, 3.63) is 0 Å². The fourth-order valence-corrected chi connectivity index (χ4v) is 2.49. The van der Waals surface area contributed by atoms with Crippen LogP contribution >= 0.6 is 0 Å². The van der Waals surface area contributed by atoms with E-state index in [9.17, 15) is 0 Å². The molecule has 3 heteroatoms. The van der Waals surface area contributed by atoms with E-state index < -0.39 is 0 Å². The second kappa shape index (κ2) is 4.17. The van der Waals surface area contributed by atoms with Gasteiger partial charge in [-0.1, -0.05) is 0 Å². The van der Waals surface area contributed by atoms with Gasteiger partial charge in [0.1, 0.15) is 0 Å². The lowest BCUT2D eigenvalue weighted by molar-refractivity contribution is -0.0872. The lowest BCUT2D eigenvalue weighted by atomic mass is 10.1. The average Bonchev–Trinajstić information content (AvgIpc) is 2.54. The van der Waals surface area contributed by atoms with Crippen molar-refractivity contribution in [2.24, 2.45) is 0 Å². The minimum Gasteiger partial charge on any atom is -0.373 e. The molecule has 82 valence electrons. The number of nitrogens with one attached hydrogen (secondary N) is 1. The summed E-state index contributed by atoms with van der Waals surface area (Å²) >= 11 is 0. The fraction of sp³-hybridized carbons (Fsp3) is 1.00. The molecule has 0 unspecified atom stereocenters. The molecule has 0 spiro atoms. The van der Waals surface area contributed by atoms with E-state index in [-0.39, 0.29) is 5.60 Å². The Bertz CT molecular complexity index is 188. The lowest BCUT2D eigenvalue weighted by Gasteiger charge is -2.39. The first kappa shape index (κ1) is 10.4. The van der Waals surface area contributed by atoms with E-state index in [0.717, 1.165) is 25.7 Å². The highest BCUT2D eigenvalue weighted by atomic mass is 16.5. The third kappa shape index (κ3) is 2.69. The molecule has 0 bridgehead atoms. The summed E-state index contributed by atoms with van der Waals surface area (Å²) in [6.45, 7) is 9.83. The fourth-order valence-electron chi connectivity index (χ4n) is 2.49. The van der Waals surface area contributed by atoms with Crippen LogP contribution in [0.25, 0.3) is 0 Å². The molecule has 1 N–H and O–H groups in total. The third-order valence-corrected chi connectivity index (χ3v) is 3.15. The molecule has 2 fully saturated rings. The van der Waals surface area contributed by atoms with Gasteiger partial charge in [-0.3, -0.25) is 4.90 Å². The summed E-state index contributed by atoms with van der Waals surface area (Å²) in [7, 11) is 0. The van der Waals surface area contributed by atoms with Gasteiger partial charge in [0.2, 0.25) is 0 Å². The van der Waals surface area contributed by atoms with E-state index in [0.29, 0.717) is 0 Å². The van der Waals surface area contributed by atoms with Crippen LogP contribution in [-0.2, 0) is 4.74 Å². The molecule has 0 radical (unpaired) electrons. The molecular formula is C11H22N2O. The highest BCUT2D eigenvalue weighted by Crippen LogP contribution is 2.17. The quantitative estimate of drug-likeness (QED) is 0.712. The zero-order valence-electron chi connectivity index (χ0n) is 9.38. The highest BCUT2D eigenvalue weighted by molar-refractivity contribution is 4.84. The number of ether oxygens (including phenoxy) is 1. The van der Waals surface area contributed by atoms with Crippen LogP contribution in [0.3, 0.4) is 0 Å². The Hall–Kier alpha value is -0.120. The molecule has 1 atom stereocenters. The Labute approximate surface area is 86.8 Å². The average molecular weight is 198 g/mol. The minimum atomic E-state index is 0.0524.